The minimum atomic E-state index is -0.588. The van der Waals surface area contributed by atoms with E-state index in [1.165, 1.54) is 11.1 Å². The summed E-state index contributed by atoms with van der Waals surface area (Å²) in [5.41, 5.74) is 4.41. The summed E-state index contributed by atoms with van der Waals surface area (Å²) in [5, 5.41) is 23.1. The van der Waals surface area contributed by atoms with Crippen molar-refractivity contribution >= 4 is 0 Å². The molecular weight excluding hydrogens is 516 g/mol. The zero-order valence-corrected chi connectivity index (χ0v) is 25.0. The van der Waals surface area contributed by atoms with Crippen molar-refractivity contribution in [3.8, 4) is 0 Å². The van der Waals surface area contributed by atoms with E-state index in [9.17, 15) is 10.2 Å². The second-order valence-electron chi connectivity index (χ2n) is 11.8. The standard InChI is InChI=1S/C38H46N2O2/c1-29(31-17-7-3-8-18-31)39(27-37(41)33-21-11-5-12-22-33)35-25-15-16-26-36(35)40(30(2)32-19-9-4-10-20-32)28-38(42)34-23-13-6-14-24-34/h3-14,17-24,29-30,35-38,41-42H,15-16,25-28H2,1-2H3/t29-,30-,35-,36-,37-,38-/m0/s1. The van der Waals surface area contributed by atoms with Crippen molar-refractivity contribution in [3.05, 3.63) is 144 Å². The van der Waals surface area contributed by atoms with Crippen LogP contribution >= 0.6 is 0 Å². The number of nitrogens with zero attached hydrogens (tertiary/aromatic N) is 2. The summed E-state index contributed by atoms with van der Waals surface area (Å²) in [5.74, 6) is 0. The normalized spacial score (nSPS) is 20.2. The molecule has 4 aromatic rings. The highest BCUT2D eigenvalue weighted by molar-refractivity contribution is 5.23. The van der Waals surface area contributed by atoms with E-state index in [-0.39, 0.29) is 24.2 Å². The highest BCUT2D eigenvalue weighted by Crippen LogP contribution is 2.38. The molecule has 1 saturated carbocycles. The van der Waals surface area contributed by atoms with Gasteiger partial charge in [0.2, 0.25) is 0 Å². The lowest BCUT2D eigenvalue weighted by Crippen LogP contribution is -2.56. The molecule has 0 saturated heterocycles. The van der Waals surface area contributed by atoms with Crippen molar-refractivity contribution in [1.82, 2.24) is 9.80 Å². The molecule has 0 unspecified atom stereocenters. The lowest BCUT2D eigenvalue weighted by molar-refractivity contribution is -0.0290. The van der Waals surface area contributed by atoms with E-state index < -0.39 is 12.2 Å². The van der Waals surface area contributed by atoms with Gasteiger partial charge < -0.3 is 10.2 Å². The Hall–Kier alpha value is -3.28. The van der Waals surface area contributed by atoms with E-state index in [0.717, 1.165) is 36.8 Å². The summed E-state index contributed by atoms with van der Waals surface area (Å²) >= 11 is 0. The third-order valence-corrected chi connectivity index (χ3v) is 9.24. The molecule has 5 rings (SSSR count). The molecule has 0 radical (unpaired) electrons. The number of aliphatic hydroxyl groups excluding tert-OH is 2. The van der Waals surface area contributed by atoms with Crippen LogP contribution in [0.2, 0.25) is 0 Å². The SMILES string of the molecule is C[C@@H](c1ccccc1)N(C[C@H](O)c1ccccc1)[C@H]1CCCC[C@@H]1N(C[C@H](O)c1ccccc1)[C@@H](C)c1ccccc1. The molecule has 0 spiro atoms. The topological polar surface area (TPSA) is 46.9 Å². The summed E-state index contributed by atoms with van der Waals surface area (Å²) in [6, 6.07) is 42.2. The highest BCUT2D eigenvalue weighted by Gasteiger charge is 2.39. The van der Waals surface area contributed by atoms with Gasteiger partial charge >= 0.3 is 0 Å². The van der Waals surface area contributed by atoms with Crippen LogP contribution in [-0.4, -0.2) is 45.2 Å². The van der Waals surface area contributed by atoms with Crippen molar-refractivity contribution in [2.75, 3.05) is 13.1 Å². The molecule has 1 aliphatic rings. The smallest absolute Gasteiger partial charge is 0.0917 e. The molecule has 0 heterocycles. The number of hydrogen-bond acceptors (Lipinski definition) is 4. The first-order chi connectivity index (χ1) is 20.5. The van der Waals surface area contributed by atoms with Crippen LogP contribution in [-0.2, 0) is 0 Å². The van der Waals surface area contributed by atoms with Crippen LogP contribution in [0.15, 0.2) is 121 Å². The number of aliphatic hydroxyl groups is 2. The Morgan fingerprint density at radius 3 is 1.10 bits per heavy atom. The molecule has 4 nitrogen and oxygen atoms in total. The highest BCUT2D eigenvalue weighted by atomic mass is 16.3. The van der Waals surface area contributed by atoms with Gasteiger partial charge in [-0.05, 0) is 48.9 Å². The molecule has 42 heavy (non-hydrogen) atoms. The molecule has 4 aromatic carbocycles. The Kier molecular flexibility index (Phi) is 10.6. The van der Waals surface area contributed by atoms with Crippen molar-refractivity contribution in [1.29, 1.82) is 0 Å². The predicted molar refractivity (Wildman–Crippen MR) is 172 cm³/mol. The average molecular weight is 563 g/mol. The van der Waals surface area contributed by atoms with Crippen molar-refractivity contribution in [3.63, 3.8) is 0 Å². The fraction of sp³-hybridized carbons (Fsp3) is 0.368. The summed E-state index contributed by atoms with van der Waals surface area (Å²) in [4.78, 5) is 5.10. The Bertz CT molecular complexity index is 1210. The van der Waals surface area contributed by atoms with Gasteiger partial charge in [-0.25, -0.2) is 0 Å². The van der Waals surface area contributed by atoms with Gasteiger partial charge in [-0.1, -0.05) is 134 Å². The Morgan fingerprint density at radius 1 is 0.500 bits per heavy atom. The third kappa shape index (κ3) is 7.37. The van der Waals surface area contributed by atoms with E-state index >= 15 is 0 Å². The first kappa shape index (κ1) is 30.2. The first-order valence-electron chi connectivity index (χ1n) is 15.6. The molecule has 0 amide bonds. The Morgan fingerprint density at radius 2 is 0.786 bits per heavy atom. The molecule has 0 bridgehead atoms. The van der Waals surface area contributed by atoms with Crippen LogP contribution in [0.4, 0.5) is 0 Å². The second-order valence-corrected chi connectivity index (χ2v) is 11.8. The fourth-order valence-electron chi connectivity index (χ4n) is 6.83. The zero-order chi connectivity index (χ0) is 29.3. The van der Waals surface area contributed by atoms with Crippen LogP contribution in [0.25, 0.3) is 0 Å². The summed E-state index contributed by atoms with van der Waals surface area (Å²) in [7, 11) is 0. The van der Waals surface area contributed by atoms with Crippen LogP contribution in [0.1, 0.15) is 86.1 Å². The number of benzene rings is 4. The van der Waals surface area contributed by atoms with Crippen molar-refractivity contribution < 1.29 is 10.2 Å². The first-order valence-corrected chi connectivity index (χ1v) is 15.6. The van der Waals surface area contributed by atoms with Crippen molar-refractivity contribution in [2.24, 2.45) is 0 Å². The van der Waals surface area contributed by atoms with Crippen molar-refractivity contribution in [2.45, 2.75) is 75.9 Å². The Labute approximate surface area is 252 Å². The van der Waals surface area contributed by atoms with Gasteiger partial charge in [-0.3, -0.25) is 9.80 Å². The molecule has 1 aliphatic carbocycles. The molecule has 2 N–H and O–H groups in total. The van der Waals surface area contributed by atoms with Gasteiger partial charge in [-0.15, -0.1) is 0 Å². The predicted octanol–water partition coefficient (Wildman–Crippen LogP) is 7.89. The summed E-state index contributed by atoms with van der Waals surface area (Å²) in [6.45, 7) is 5.66. The molecule has 0 aromatic heterocycles. The van der Waals surface area contributed by atoms with Crippen LogP contribution in [0, 0.1) is 0 Å². The van der Waals surface area contributed by atoms with Gasteiger partial charge in [0.05, 0.1) is 12.2 Å². The number of rotatable bonds is 12. The zero-order valence-electron chi connectivity index (χ0n) is 25.0. The fourth-order valence-corrected chi connectivity index (χ4v) is 6.83. The lowest BCUT2D eigenvalue weighted by Gasteiger charge is -2.50. The van der Waals surface area contributed by atoms with Crippen LogP contribution in [0.3, 0.4) is 0 Å². The van der Waals surface area contributed by atoms with E-state index in [1.54, 1.807) is 0 Å². The van der Waals surface area contributed by atoms with Gasteiger partial charge in [-0.2, -0.15) is 0 Å². The molecule has 6 atom stereocenters. The third-order valence-electron chi connectivity index (χ3n) is 9.24. The molecule has 0 aliphatic heterocycles. The largest absolute Gasteiger partial charge is 0.387 e. The van der Waals surface area contributed by atoms with Gasteiger partial charge in [0.15, 0.2) is 0 Å². The van der Waals surface area contributed by atoms with E-state index in [4.69, 9.17) is 0 Å². The van der Waals surface area contributed by atoms with E-state index in [0.29, 0.717) is 13.1 Å². The quantitative estimate of drug-likeness (QED) is 0.184. The molecule has 220 valence electrons. The minimum absolute atomic E-state index is 0.128. The van der Waals surface area contributed by atoms with Gasteiger partial charge in [0.25, 0.3) is 0 Å². The Balaban J connectivity index is 1.51. The minimum Gasteiger partial charge on any atom is -0.387 e. The van der Waals surface area contributed by atoms with Gasteiger partial charge in [0, 0.05) is 37.3 Å². The van der Waals surface area contributed by atoms with Gasteiger partial charge in [0.1, 0.15) is 0 Å². The van der Waals surface area contributed by atoms with E-state index in [1.807, 2.05) is 60.7 Å². The van der Waals surface area contributed by atoms with Crippen LogP contribution < -0.4 is 0 Å². The summed E-state index contributed by atoms with van der Waals surface area (Å²) < 4.78 is 0. The average Bonchev–Trinajstić information content (AvgIpc) is 3.07. The second kappa shape index (κ2) is 14.8. The van der Waals surface area contributed by atoms with E-state index in [2.05, 4.69) is 84.3 Å². The number of hydrogen-bond donors (Lipinski definition) is 2. The maximum Gasteiger partial charge on any atom is 0.0917 e. The lowest BCUT2D eigenvalue weighted by atomic mass is 9.84. The van der Waals surface area contributed by atoms with Crippen LogP contribution in [0.5, 0.6) is 0 Å². The maximum absolute atomic E-state index is 11.5. The molecule has 1 fully saturated rings. The maximum atomic E-state index is 11.5. The monoisotopic (exact) mass is 562 g/mol. The molecular formula is C38H46N2O2. The molecule has 4 heteroatoms. The summed E-state index contributed by atoms with van der Waals surface area (Å²) in [6.07, 6.45) is 3.26.